The Kier molecular flexibility index (Phi) is 5.53. The Morgan fingerprint density at radius 1 is 1.36 bits per heavy atom. The fourth-order valence-electron chi connectivity index (χ4n) is 3.17. The summed E-state index contributed by atoms with van der Waals surface area (Å²) in [5.74, 6) is 1.35. The zero-order valence-electron chi connectivity index (χ0n) is 14.9. The minimum atomic E-state index is 0.00768. The summed E-state index contributed by atoms with van der Waals surface area (Å²) >= 11 is 0. The molecule has 0 saturated carbocycles. The van der Waals surface area contributed by atoms with Crippen LogP contribution in [0, 0.1) is 5.92 Å². The highest BCUT2D eigenvalue weighted by atomic mass is 16.5. The number of ether oxygens (including phenoxy) is 1. The van der Waals surface area contributed by atoms with Crippen LogP contribution in [0.2, 0.25) is 0 Å². The van der Waals surface area contributed by atoms with Gasteiger partial charge in [-0.3, -0.25) is 9.78 Å². The number of carbonyl (C=O) groups excluding carboxylic acids is 1. The third-order valence-corrected chi connectivity index (χ3v) is 4.39. The van der Waals surface area contributed by atoms with Crippen molar-refractivity contribution in [3.05, 3.63) is 48.3 Å². The molecule has 0 spiro atoms. The quantitative estimate of drug-likeness (QED) is 0.891. The van der Waals surface area contributed by atoms with Crippen molar-refractivity contribution in [2.45, 2.75) is 26.7 Å². The number of piperidine rings is 1. The summed E-state index contributed by atoms with van der Waals surface area (Å²) < 4.78 is 5.64. The van der Waals surface area contributed by atoms with Gasteiger partial charge in [0.1, 0.15) is 11.4 Å². The summed E-state index contributed by atoms with van der Waals surface area (Å²) in [6.07, 6.45) is 3.92. The molecule has 5 heteroatoms. The monoisotopic (exact) mass is 339 g/mol. The number of para-hydroxylation sites is 2. The van der Waals surface area contributed by atoms with Crippen LogP contribution in [0.5, 0.6) is 5.75 Å². The molecule has 2 aromatic rings. The summed E-state index contributed by atoms with van der Waals surface area (Å²) in [4.78, 5) is 18.9. The van der Waals surface area contributed by atoms with E-state index in [1.807, 2.05) is 48.2 Å². The Morgan fingerprint density at radius 3 is 3.00 bits per heavy atom. The minimum Gasteiger partial charge on any atom is -0.492 e. The molecule has 25 heavy (non-hydrogen) atoms. The molecule has 132 valence electrons. The number of amides is 1. The lowest BCUT2D eigenvalue weighted by Crippen LogP contribution is -2.39. The fraction of sp³-hybridized carbons (Fsp3) is 0.400. The SMILES string of the molecule is CCOc1ccccc1Nc1ccnc(C(=O)N2CCCC(C)C2)c1. The lowest BCUT2D eigenvalue weighted by molar-refractivity contribution is 0.0677. The van der Waals surface area contributed by atoms with E-state index < -0.39 is 0 Å². The Morgan fingerprint density at radius 2 is 2.20 bits per heavy atom. The molecule has 1 amide bonds. The molecule has 1 aromatic heterocycles. The molecule has 1 N–H and O–H groups in total. The van der Waals surface area contributed by atoms with Crippen LogP contribution in [0.3, 0.4) is 0 Å². The molecule has 3 rings (SSSR count). The van der Waals surface area contributed by atoms with Crippen molar-refractivity contribution in [1.29, 1.82) is 0 Å². The van der Waals surface area contributed by atoms with Gasteiger partial charge in [0.05, 0.1) is 12.3 Å². The third-order valence-electron chi connectivity index (χ3n) is 4.39. The van der Waals surface area contributed by atoms with Gasteiger partial charge in [0, 0.05) is 25.0 Å². The van der Waals surface area contributed by atoms with E-state index in [4.69, 9.17) is 4.74 Å². The average molecular weight is 339 g/mol. The largest absolute Gasteiger partial charge is 0.492 e. The number of likely N-dealkylation sites (tertiary alicyclic amines) is 1. The Hall–Kier alpha value is -2.56. The number of hydrogen-bond donors (Lipinski definition) is 1. The van der Waals surface area contributed by atoms with Crippen molar-refractivity contribution < 1.29 is 9.53 Å². The standard InChI is InChI=1S/C20H25N3O2/c1-3-25-19-9-5-4-8-17(19)22-16-10-11-21-18(13-16)20(24)23-12-6-7-15(2)14-23/h4-5,8-11,13,15H,3,6-7,12,14H2,1-2H3,(H,21,22). The van der Waals surface area contributed by atoms with E-state index in [1.54, 1.807) is 6.20 Å². The van der Waals surface area contributed by atoms with E-state index in [1.165, 1.54) is 6.42 Å². The molecule has 1 aromatic carbocycles. The van der Waals surface area contributed by atoms with E-state index in [0.29, 0.717) is 18.2 Å². The highest BCUT2D eigenvalue weighted by Gasteiger charge is 2.23. The molecular formula is C20H25N3O2. The number of rotatable bonds is 5. The van der Waals surface area contributed by atoms with Gasteiger partial charge in [0.15, 0.2) is 0 Å². The second-order valence-electron chi connectivity index (χ2n) is 6.48. The molecule has 1 aliphatic rings. The van der Waals surface area contributed by atoms with Crippen LogP contribution in [-0.2, 0) is 0 Å². The van der Waals surface area contributed by atoms with Gasteiger partial charge in [-0.25, -0.2) is 0 Å². The van der Waals surface area contributed by atoms with Gasteiger partial charge in [-0.15, -0.1) is 0 Å². The summed E-state index contributed by atoms with van der Waals surface area (Å²) in [7, 11) is 0. The van der Waals surface area contributed by atoms with Crippen molar-refractivity contribution in [2.75, 3.05) is 25.0 Å². The molecule has 0 radical (unpaired) electrons. The van der Waals surface area contributed by atoms with E-state index in [2.05, 4.69) is 17.2 Å². The molecule has 0 aliphatic carbocycles. The molecule has 0 bridgehead atoms. The summed E-state index contributed by atoms with van der Waals surface area (Å²) in [5.41, 5.74) is 2.18. The number of benzene rings is 1. The van der Waals surface area contributed by atoms with E-state index in [0.717, 1.165) is 36.6 Å². The first-order valence-corrected chi connectivity index (χ1v) is 8.91. The Bertz CT molecular complexity index is 732. The fourth-order valence-corrected chi connectivity index (χ4v) is 3.17. The first kappa shape index (κ1) is 17.3. The van der Waals surface area contributed by atoms with Crippen LogP contribution in [-0.4, -0.2) is 35.5 Å². The van der Waals surface area contributed by atoms with Gasteiger partial charge < -0.3 is 15.0 Å². The molecule has 5 nitrogen and oxygen atoms in total. The summed E-state index contributed by atoms with van der Waals surface area (Å²) in [5, 5.41) is 3.33. The molecule has 1 saturated heterocycles. The number of pyridine rings is 1. The molecule has 1 fully saturated rings. The highest BCUT2D eigenvalue weighted by molar-refractivity contribution is 5.93. The van der Waals surface area contributed by atoms with Crippen LogP contribution >= 0.6 is 0 Å². The Balaban J connectivity index is 1.76. The van der Waals surface area contributed by atoms with Gasteiger partial charge >= 0.3 is 0 Å². The lowest BCUT2D eigenvalue weighted by atomic mass is 10.00. The van der Waals surface area contributed by atoms with Gasteiger partial charge in [-0.05, 0) is 49.9 Å². The maximum atomic E-state index is 12.7. The number of nitrogens with one attached hydrogen (secondary N) is 1. The maximum absolute atomic E-state index is 12.7. The number of carbonyl (C=O) groups is 1. The van der Waals surface area contributed by atoms with E-state index >= 15 is 0 Å². The van der Waals surface area contributed by atoms with Crippen LogP contribution in [0.25, 0.3) is 0 Å². The van der Waals surface area contributed by atoms with Gasteiger partial charge in [-0.2, -0.15) is 0 Å². The predicted molar refractivity (Wildman–Crippen MR) is 99.4 cm³/mol. The maximum Gasteiger partial charge on any atom is 0.272 e. The van der Waals surface area contributed by atoms with E-state index in [9.17, 15) is 4.79 Å². The van der Waals surface area contributed by atoms with Crippen molar-refractivity contribution >= 4 is 17.3 Å². The van der Waals surface area contributed by atoms with Crippen LogP contribution in [0.15, 0.2) is 42.6 Å². The van der Waals surface area contributed by atoms with Crippen LogP contribution in [0.1, 0.15) is 37.2 Å². The molecule has 2 heterocycles. The number of hydrogen-bond acceptors (Lipinski definition) is 4. The second kappa shape index (κ2) is 8.01. The number of aromatic nitrogens is 1. The predicted octanol–water partition coefficient (Wildman–Crippen LogP) is 4.10. The van der Waals surface area contributed by atoms with Crippen LogP contribution < -0.4 is 10.1 Å². The molecule has 1 aliphatic heterocycles. The van der Waals surface area contributed by atoms with Gasteiger partial charge in [-0.1, -0.05) is 19.1 Å². The second-order valence-corrected chi connectivity index (χ2v) is 6.48. The lowest BCUT2D eigenvalue weighted by Gasteiger charge is -2.30. The molecule has 1 atom stereocenters. The zero-order valence-corrected chi connectivity index (χ0v) is 14.9. The zero-order chi connectivity index (χ0) is 17.6. The van der Waals surface area contributed by atoms with Crippen LogP contribution in [0.4, 0.5) is 11.4 Å². The van der Waals surface area contributed by atoms with Crippen molar-refractivity contribution in [2.24, 2.45) is 5.92 Å². The summed E-state index contributed by atoms with van der Waals surface area (Å²) in [6.45, 7) is 6.38. The van der Waals surface area contributed by atoms with Gasteiger partial charge in [0.2, 0.25) is 0 Å². The smallest absolute Gasteiger partial charge is 0.272 e. The van der Waals surface area contributed by atoms with Crippen molar-refractivity contribution in [3.63, 3.8) is 0 Å². The van der Waals surface area contributed by atoms with Crippen molar-refractivity contribution in [1.82, 2.24) is 9.88 Å². The summed E-state index contributed by atoms with van der Waals surface area (Å²) in [6, 6.07) is 11.4. The Labute approximate surface area is 149 Å². The normalized spacial score (nSPS) is 17.2. The first-order chi connectivity index (χ1) is 12.2. The molecular weight excluding hydrogens is 314 g/mol. The topological polar surface area (TPSA) is 54.5 Å². The number of nitrogens with zero attached hydrogens (tertiary/aromatic N) is 2. The average Bonchev–Trinajstić information content (AvgIpc) is 2.63. The van der Waals surface area contributed by atoms with Gasteiger partial charge in [0.25, 0.3) is 5.91 Å². The van der Waals surface area contributed by atoms with E-state index in [-0.39, 0.29) is 5.91 Å². The third kappa shape index (κ3) is 4.29. The minimum absolute atomic E-state index is 0.00768. The highest BCUT2D eigenvalue weighted by Crippen LogP contribution is 2.27. The first-order valence-electron chi connectivity index (χ1n) is 8.91. The van der Waals surface area contributed by atoms with Crippen molar-refractivity contribution in [3.8, 4) is 5.75 Å². The molecule has 1 unspecified atom stereocenters. The number of anilines is 2.